The lowest BCUT2D eigenvalue weighted by Gasteiger charge is -2.59. The number of rotatable bonds is 2. The molecule has 2 N–H and O–H groups in total. The molecule has 3 saturated carbocycles. The second-order valence-electron chi connectivity index (χ2n) is 9.53. The summed E-state index contributed by atoms with van der Waals surface area (Å²) in [5, 5.41) is 21.6. The number of thioether (sulfide) groups is 1. The maximum atomic E-state index is 11.3. The van der Waals surface area contributed by atoms with E-state index in [-0.39, 0.29) is 11.5 Å². The standard InChI is InChI=1S/C23H34O2S/c1-4-10-23(25)13-9-19-18-6-5-16-14-17(24)7-12-22(16,15-26-3)20(18)8-11-21(19,23)2/h14,17-20,24-25H,5-9,11-13,15H2,1-3H3/t17?,18-,19-,20+,21-,22+,23?/m0/s1. The van der Waals surface area contributed by atoms with Gasteiger partial charge in [-0.25, -0.2) is 0 Å². The van der Waals surface area contributed by atoms with Crippen molar-refractivity contribution >= 4 is 11.8 Å². The lowest BCUT2D eigenvalue weighted by molar-refractivity contribution is -0.100. The first-order valence-corrected chi connectivity index (χ1v) is 11.8. The molecule has 0 aromatic heterocycles. The van der Waals surface area contributed by atoms with E-state index in [2.05, 4.69) is 31.1 Å². The predicted octanol–water partition coefficient (Wildman–Crippen LogP) is 4.41. The zero-order valence-corrected chi connectivity index (χ0v) is 17.4. The molecule has 0 radical (unpaired) electrons. The summed E-state index contributed by atoms with van der Waals surface area (Å²) < 4.78 is 0. The number of hydrogen-bond acceptors (Lipinski definition) is 3. The minimum absolute atomic E-state index is 0.0485. The van der Waals surface area contributed by atoms with Gasteiger partial charge >= 0.3 is 0 Å². The van der Waals surface area contributed by atoms with Crippen LogP contribution in [0.3, 0.4) is 0 Å². The third kappa shape index (κ3) is 2.48. The van der Waals surface area contributed by atoms with Crippen molar-refractivity contribution < 1.29 is 10.2 Å². The van der Waals surface area contributed by atoms with Gasteiger partial charge in [-0.3, -0.25) is 0 Å². The van der Waals surface area contributed by atoms with Crippen molar-refractivity contribution in [3.8, 4) is 11.8 Å². The van der Waals surface area contributed by atoms with E-state index >= 15 is 0 Å². The molecule has 0 aliphatic heterocycles. The topological polar surface area (TPSA) is 40.5 Å². The first-order chi connectivity index (χ1) is 12.4. The quantitative estimate of drug-likeness (QED) is 0.556. The van der Waals surface area contributed by atoms with Gasteiger partial charge in [-0.1, -0.05) is 24.5 Å². The summed E-state index contributed by atoms with van der Waals surface area (Å²) in [5.74, 6) is 9.44. The SMILES string of the molecule is CC#CC1(O)CC[C@H]2[C@@H]3CCC4=CC(O)CC[C@]4(CSC)[C@@H]3CC[C@@]21C. The lowest BCUT2D eigenvalue weighted by Crippen LogP contribution is -2.55. The summed E-state index contributed by atoms with van der Waals surface area (Å²) >= 11 is 1.98. The van der Waals surface area contributed by atoms with Crippen LogP contribution in [0.4, 0.5) is 0 Å². The van der Waals surface area contributed by atoms with Gasteiger partial charge in [0, 0.05) is 16.6 Å². The third-order valence-corrected chi connectivity index (χ3v) is 9.50. The molecule has 3 heteroatoms. The predicted molar refractivity (Wildman–Crippen MR) is 109 cm³/mol. The van der Waals surface area contributed by atoms with Crippen molar-refractivity contribution in [2.24, 2.45) is 28.6 Å². The number of aliphatic hydroxyl groups excluding tert-OH is 1. The molecule has 0 heterocycles. The van der Waals surface area contributed by atoms with Gasteiger partial charge in [-0.2, -0.15) is 11.8 Å². The molecular weight excluding hydrogens is 340 g/mol. The van der Waals surface area contributed by atoms with Gasteiger partial charge < -0.3 is 10.2 Å². The van der Waals surface area contributed by atoms with Gasteiger partial charge in [-0.15, -0.1) is 5.92 Å². The van der Waals surface area contributed by atoms with Crippen molar-refractivity contribution in [1.29, 1.82) is 0 Å². The zero-order valence-electron chi connectivity index (χ0n) is 16.6. The molecule has 2 unspecified atom stereocenters. The molecule has 0 aromatic rings. The first kappa shape index (κ1) is 18.9. The van der Waals surface area contributed by atoms with E-state index in [0.29, 0.717) is 17.3 Å². The molecule has 26 heavy (non-hydrogen) atoms. The Balaban J connectivity index is 1.70. The summed E-state index contributed by atoms with van der Waals surface area (Å²) in [6, 6.07) is 0. The second kappa shape index (κ2) is 6.57. The summed E-state index contributed by atoms with van der Waals surface area (Å²) in [5.41, 5.74) is 1.01. The van der Waals surface area contributed by atoms with Crippen LogP contribution in [0.25, 0.3) is 0 Å². The fourth-order valence-electron chi connectivity index (χ4n) is 7.46. The maximum absolute atomic E-state index is 11.3. The summed E-state index contributed by atoms with van der Waals surface area (Å²) in [7, 11) is 0. The van der Waals surface area contributed by atoms with Crippen LogP contribution in [0.2, 0.25) is 0 Å². The van der Waals surface area contributed by atoms with Gasteiger partial charge in [-0.05, 0) is 82.3 Å². The van der Waals surface area contributed by atoms with E-state index in [9.17, 15) is 10.2 Å². The van der Waals surface area contributed by atoms with E-state index in [1.54, 1.807) is 5.57 Å². The Morgan fingerprint density at radius 3 is 2.65 bits per heavy atom. The molecule has 7 atom stereocenters. The van der Waals surface area contributed by atoms with Crippen molar-refractivity contribution in [2.45, 2.75) is 76.9 Å². The molecule has 3 fully saturated rings. The fourth-order valence-corrected chi connectivity index (χ4v) is 8.52. The first-order valence-electron chi connectivity index (χ1n) is 10.4. The van der Waals surface area contributed by atoms with Crippen molar-refractivity contribution in [3.05, 3.63) is 11.6 Å². The van der Waals surface area contributed by atoms with Crippen LogP contribution in [0.1, 0.15) is 65.2 Å². The van der Waals surface area contributed by atoms with Crippen molar-refractivity contribution in [3.63, 3.8) is 0 Å². The minimum Gasteiger partial charge on any atom is -0.389 e. The molecule has 0 aromatic carbocycles. The van der Waals surface area contributed by atoms with Crippen LogP contribution in [0, 0.1) is 40.4 Å². The van der Waals surface area contributed by atoms with E-state index < -0.39 is 5.60 Å². The zero-order chi connectivity index (χ0) is 18.6. The lowest BCUT2D eigenvalue weighted by atomic mass is 9.46. The highest BCUT2D eigenvalue weighted by Gasteiger charge is 2.64. The second-order valence-corrected chi connectivity index (χ2v) is 10.4. The van der Waals surface area contributed by atoms with Gasteiger partial charge in [0.2, 0.25) is 0 Å². The Labute approximate surface area is 163 Å². The summed E-state index contributed by atoms with van der Waals surface area (Å²) in [6.07, 6.45) is 12.9. The Hall–Kier alpha value is -0.430. The molecule has 2 nitrogen and oxygen atoms in total. The number of fused-ring (bicyclic) bond motifs is 5. The van der Waals surface area contributed by atoms with Gasteiger partial charge in [0.1, 0.15) is 5.60 Å². The summed E-state index contributed by atoms with van der Waals surface area (Å²) in [4.78, 5) is 0. The smallest absolute Gasteiger partial charge is 0.131 e. The monoisotopic (exact) mass is 374 g/mol. The van der Waals surface area contributed by atoms with E-state index in [4.69, 9.17) is 0 Å². The molecule has 4 aliphatic rings. The average Bonchev–Trinajstić information content (AvgIpc) is 2.87. The van der Waals surface area contributed by atoms with Crippen LogP contribution < -0.4 is 0 Å². The highest BCUT2D eigenvalue weighted by atomic mass is 32.2. The van der Waals surface area contributed by atoms with Crippen molar-refractivity contribution in [2.75, 3.05) is 12.0 Å². The number of aliphatic hydroxyl groups is 2. The van der Waals surface area contributed by atoms with Crippen LogP contribution in [-0.4, -0.2) is 33.9 Å². The molecule has 144 valence electrons. The maximum Gasteiger partial charge on any atom is 0.131 e. The molecule has 4 aliphatic carbocycles. The average molecular weight is 375 g/mol. The van der Waals surface area contributed by atoms with Crippen molar-refractivity contribution in [1.82, 2.24) is 0 Å². The van der Waals surface area contributed by atoms with Gasteiger partial charge in [0.05, 0.1) is 6.10 Å². The Kier molecular flexibility index (Phi) is 4.78. The van der Waals surface area contributed by atoms with Crippen LogP contribution >= 0.6 is 11.8 Å². The Morgan fingerprint density at radius 2 is 1.92 bits per heavy atom. The van der Waals surface area contributed by atoms with Gasteiger partial charge in [0.15, 0.2) is 0 Å². The van der Waals surface area contributed by atoms with E-state index in [0.717, 1.165) is 44.4 Å². The molecular formula is C23H34O2S. The third-order valence-electron chi connectivity index (χ3n) is 8.70. The van der Waals surface area contributed by atoms with Gasteiger partial charge in [0.25, 0.3) is 0 Å². The van der Waals surface area contributed by atoms with Crippen LogP contribution in [0.5, 0.6) is 0 Å². The largest absolute Gasteiger partial charge is 0.389 e. The van der Waals surface area contributed by atoms with E-state index in [1.807, 2.05) is 18.7 Å². The molecule has 0 spiro atoms. The Morgan fingerprint density at radius 1 is 1.15 bits per heavy atom. The molecule has 0 bridgehead atoms. The van der Waals surface area contributed by atoms with Crippen LogP contribution in [-0.2, 0) is 0 Å². The Bertz CT molecular complexity index is 661. The van der Waals surface area contributed by atoms with E-state index in [1.165, 1.54) is 18.6 Å². The highest BCUT2D eigenvalue weighted by molar-refractivity contribution is 7.98. The summed E-state index contributed by atoms with van der Waals surface area (Å²) in [6.45, 7) is 4.18. The highest BCUT2D eigenvalue weighted by Crippen LogP contribution is 2.67. The van der Waals surface area contributed by atoms with Crippen LogP contribution in [0.15, 0.2) is 11.6 Å². The molecule has 0 saturated heterocycles. The molecule has 0 amide bonds. The minimum atomic E-state index is -0.789. The molecule has 4 rings (SSSR count). The fraction of sp³-hybridized carbons (Fsp3) is 0.826. The number of hydrogen-bond donors (Lipinski definition) is 2. The normalized spacial score (nSPS) is 50.0. The number of allylic oxidation sites excluding steroid dienone is 1.